The van der Waals surface area contributed by atoms with E-state index in [9.17, 15) is 4.79 Å². The zero-order chi connectivity index (χ0) is 7.28. The SMILES string of the molecule is C=CNCC(=O)C(=C)N. The van der Waals surface area contributed by atoms with Crippen molar-refractivity contribution in [2.24, 2.45) is 5.73 Å². The fourth-order valence-electron chi connectivity index (χ4n) is 0.278. The van der Waals surface area contributed by atoms with Gasteiger partial charge in [0.15, 0.2) is 5.78 Å². The lowest BCUT2D eigenvalue weighted by molar-refractivity contribution is -0.114. The largest absolute Gasteiger partial charge is 0.396 e. The molecule has 0 aliphatic rings. The van der Waals surface area contributed by atoms with Crippen LogP contribution in [0.4, 0.5) is 0 Å². The first-order chi connectivity index (χ1) is 4.18. The van der Waals surface area contributed by atoms with Crippen molar-refractivity contribution < 1.29 is 4.79 Å². The molecule has 0 bridgehead atoms. The second kappa shape index (κ2) is 3.72. The summed E-state index contributed by atoms with van der Waals surface area (Å²) in [6.45, 7) is 6.80. The Labute approximate surface area is 54.2 Å². The number of carbonyl (C=O) groups excluding carboxylic acids is 1. The van der Waals surface area contributed by atoms with Gasteiger partial charge in [0.05, 0.1) is 12.2 Å². The van der Waals surface area contributed by atoms with Crippen LogP contribution < -0.4 is 11.1 Å². The van der Waals surface area contributed by atoms with E-state index >= 15 is 0 Å². The number of nitrogens with two attached hydrogens (primary N) is 1. The number of rotatable bonds is 4. The molecule has 0 saturated heterocycles. The zero-order valence-electron chi connectivity index (χ0n) is 5.18. The third-order valence-electron chi connectivity index (χ3n) is 0.765. The summed E-state index contributed by atoms with van der Waals surface area (Å²) >= 11 is 0. The van der Waals surface area contributed by atoms with Crippen molar-refractivity contribution in [3.8, 4) is 0 Å². The summed E-state index contributed by atoms with van der Waals surface area (Å²) in [5, 5.41) is 2.60. The normalized spacial score (nSPS) is 8.00. The van der Waals surface area contributed by atoms with Gasteiger partial charge in [0, 0.05) is 0 Å². The Hall–Kier alpha value is -1.25. The van der Waals surface area contributed by atoms with Gasteiger partial charge in [-0.2, -0.15) is 0 Å². The zero-order valence-corrected chi connectivity index (χ0v) is 5.18. The van der Waals surface area contributed by atoms with E-state index in [-0.39, 0.29) is 18.0 Å². The Kier molecular flexibility index (Phi) is 3.20. The summed E-state index contributed by atoms with van der Waals surface area (Å²) in [5.74, 6) is -0.199. The van der Waals surface area contributed by atoms with Crippen molar-refractivity contribution in [3.63, 3.8) is 0 Å². The van der Waals surface area contributed by atoms with E-state index in [1.54, 1.807) is 0 Å². The molecule has 0 heterocycles. The number of carbonyl (C=O) groups is 1. The number of nitrogens with one attached hydrogen (secondary N) is 1. The van der Waals surface area contributed by atoms with Crippen LogP contribution in [-0.4, -0.2) is 12.3 Å². The summed E-state index contributed by atoms with van der Waals surface area (Å²) in [7, 11) is 0. The molecule has 0 aromatic rings. The molecule has 0 aliphatic carbocycles. The number of ketones is 1. The van der Waals surface area contributed by atoms with Crippen LogP contribution in [0.3, 0.4) is 0 Å². The number of hydrogen-bond acceptors (Lipinski definition) is 3. The van der Waals surface area contributed by atoms with Crippen LogP contribution in [-0.2, 0) is 4.79 Å². The van der Waals surface area contributed by atoms with Crippen LogP contribution in [0.15, 0.2) is 25.1 Å². The predicted octanol–water partition coefficient (Wildman–Crippen LogP) is -0.239. The molecule has 3 heteroatoms. The minimum Gasteiger partial charge on any atom is -0.396 e. The van der Waals surface area contributed by atoms with Crippen LogP contribution in [0.25, 0.3) is 0 Å². The van der Waals surface area contributed by atoms with Crippen molar-refractivity contribution in [3.05, 3.63) is 25.1 Å². The second-order valence-corrected chi connectivity index (χ2v) is 1.53. The van der Waals surface area contributed by atoms with Gasteiger partial charge in [-0.05, 0) is 6.20 Å². The molecule has 0 spiro atoms. The molecular weight excluding hydrogens is 116 g/mol. The van der Waals surface area contributed by atoms with E-state index in [1.807, 2.05) is 0 Å². The summed E-state index contributed by atoms with van der Waals surface area (Å²) in [6.07, 6.45) is 1.43. The van der Waals surface area contributed by atoms with Crippen LogP contribution in [0.1, 0.15) is 0 Å². The molecule has 0 atom stereocenters. The molecule has 0 saturated carbocycles. The molecule has 9 heavy (non-hydrogen) atoms. The van der Waals surface area contributed by atoms with Gasteiger partial charge in [0.2, 0.25) is 0 Å². The highest BCUT2D eigenvalue weighted by molar-refractivity contribution is 5.95. The molecule has 0 fully saturated rings. The van der Waals surface area contributed by atoms with Gasteiger partial charge < -0.3 is 11.1 Å². The standard InChI is InChI=1S/C6H10N2O/c1-3-8-4-6(9)5(2)7/h3,8H,1-2,4,7H2. The third kappa shape index (κ3) is 3.34. The first-order valence-electron chi connectivity index (χ1n) is 2.50. The monoisotopic (exact) mass is 126 g/mol. The van der Waals surface area contributed by atoms with Crippen molar-refractivity contribution in [2.75, 3.05) is 6.54 Å². The summed E-state index contributed by atoms with van der Waals surface area (Å²) in [5.41, 5.74) is 5.13. The molecule has 50 valence electrons. The van der Waals surface area contributed by atoms with Crippen LogP contribution >= 0.6 is 0 Å². The second-order valence-electron chi connectivity index (χ2n) is 1.53. The maximum absolute atomic E-state index is 10.6. The van der Waals surface area contributed by atoms with E-state index in [2.05, 4.69) is 18.5 Å². The quantitative estimate of drug-likeness (QED) is 0.511. The molecule has 0 radical (unpaired) electrons. The molecule has 3 nitrogen and oxygen atoms in total. The van der Waals surface area contributed by atoms with Gasteiger partial charge in [-0.1, -0.05) is 13.2 Å². The number of hydrogen-bond donors (Lipinski definition) is 2. The minimum absolute atomic E-state index is 0.0735. The highest BCUT2D eigenvalue weighted by Crippen LogP contribution is 1.77. The summed E-state index contributed by atoms with van der Waals surface area (Å²) < 4.78 is 0. The maximum atomic E-state index is 10.6. The maximum Gasteiger partial charge on any atom is 0.196 e. The summed E-state index contributed by atoms with van der Waals surface area (Å²) in [4.78, 5) is 10.6. The molecule has 3 N–H and O–H groups in total. The molecule has 0 rings (SSSR count). The van der Waals surface area contributed by atoms with Crippen LogP contribution in [0, 0.1) is 0 Å². The van der Waals surface area contributed by atoms with E-state index in [4.69, 9.17) is 5.73 Å². The van der Waals surface area contributed by atoms with Crippen LogP contribution in [0.2, 0.25) is 0 Å². The molecular formula is C6H10N2O. The van der Waals surface area contributed by atoms with E-state index < -0.39 is 0 Å². The number of Topliss-reactive ketones (excluding diaryl/α,β-unsaturated/α-hetero) is 1. The molecule has 0 unspecified atom stereocenters. The van der Waals surface area contributed by atoms with Gasteiger partial charge in [-0.15, -0.1) is 0 Å². The Morgan fingerprint density at radius 3 is 2.67 bits per heavy atom. The van der Waals surface area contributed by atoms with E-state index in [1.165, 1.54) is 6.20 Å². The lowest BCUT2D eigenvalue weighted by Crippen LogP contribution is -2.22. The smallest absolute Gasteiger partial charge is 0.196 e. The van der Waals surface area contributed by atoms with Gasteiger partial charge >= 0.3 is 0 Å². The predicted molar refractivity (Wildman–Crippen MR) is 36.5 cm³/mol. The average molecular weight is 126 g/mol. The fraction of sp³-hybridized carbons (Fsp3) is 0.167. The van der Waals surface area contributed by atoms with Crippen molar-refractivity contribution in [1.82, 2.24) is 5.32 Å². The lowest BCUT2D eigenvalue weighted by atomic mass is 10.3. The minimum atomic E-state index is -0.199. The van der Waals surface area contributed by atoms with Gasteiger partial charge in [0.25, 0.3) is 0 Å². The Balaban J connectivity index is 3.51. The Bertz CT molecular complexity index is 140. The van der Waals surface area contributed by atoms with Crippen LogP contribution in [0.5, 0.6) is 0 Å². The van der Waals surface area contributed by atoms with Gasteiger partial charge in [-0.25, -0.2) is 0 Å². The Morgan fingerprint density at radius 2 is 2.33 bits per heavy atom. The van der Waals surface area contributed by atoms with E-state index in [0.29, 0.717) is 0 Å². The first-order valence-corrected chi connectivity index (χ1v) is 2.50. The lowest BCUT2D eigenvalue weighted by Gasteiger charge is -1.96. The highest BCUT2D eigenvalue weighted by atomic mass is 16.1. The summed E-state index contributed by atoms with van der Waals surface area (Å²) in [6, 6.07) is 0. The fourth-order valence-corrected chi connectivity index (χ4v) is 0.278. The van der Waals surface area contributed by atoms with E-state index in [0.717, 1.165) is 0 Å². The Morgan fingerprint density at radius 1 is 1.78 bits per heavy atom. The molecule has 0 aromatic heterocycles. The van der Waals surface area contributed by atoms with Crippen molar-refractivity contribution in [1.29, 1.82) is 0 Å². The van der Waals surface area contributed by atoms with Gasteiger partial charge in [-0.3, -0.25) is 4.79 Å². The highest BCUT2D eigenvalue weighted by Gasteiger charge is 1.98. The van der Waals surface area contributed by atoms with Crippen molar-refractivity contribution in [2.45, 2.75) is 0 Å². The third-order valence-corrected chi connectivity index (χ3v) is 0.765. The molecule has 0 aliphatic heterocycles. The molecule has 0 aromatic carbocycles. The van der Waals surface area contributed by atoms with Crippen molar-refractivity contribution >= 4 is 5.78 Å². The average Bonchev–Trinajstić information content (AvgIpc) is 1.82. The van der Waals surface area contributed by atoms with Gasteiger partial charge in [0.1, 0.15) is 0 Å². The first kappa shape index (κ1) is 7.75. The molecule has 0 amide bonds. The topological polar surface area (TPSA) is 55.1 Å².